The quantitative estimate of drug-likeness (QED) is 0.173. The van der Waals surface area contributed by atoms with Crippen molar-refractivity contribution >= 4 is 56.8 Å². The summed E-state index contributed by atoms with van der Waals surface area (Å²) in [4.78, 5) is 66.5. The Balaban J connectivity index is 0.000000837. The molecule has 0 saturated carbocycles. The van der Waals surface area contributed by atoms with E-state index < -0.39 is 5.60 Å². The van der Waals surface area contributed by atoms with Gasteiger partial charge in [0.1, 0.15) is 0 Å². The van der Waals surface area contributed by atoms with Gasteiger partial charge < -0.3 is 30.4 Å². The zero-order valence-electron chi connectivity index (χ0n) is 32.6. The third kappa shape index (κ3) is 11.2. The molecule has 300 valence electrons. The number of aromatic nitrogens is 3. The number of aliphatic hydroxyl groups is 1. The number of hydrogen-bond donors (Lipinski definition) is 3. The van der Waals surface area contributed by atoms with Crippen molar-refractivity contribution in [3.63, 3.8) is 0 Å². The van der Waals surface area contributed by atoms with E-state index in [1.54, 1.807) is 42.6 Å². The highest BCUT2D eigenvalue weighted by Gasteiger charge is 2.37. The number of pyridine rings is 1. The van der Waals surface area contributed by atoms with Gasteiger partial charge in [-0.25, -0.2) is 4.98 Å². The summed E-state index contributed by atoms with van der Waals surface area (Å²) in [5, 5.41) is 19.1. The Morgan fingerprint density at radius 2 is 1.56 bits per heavy atom. The maximum absolute atomic E-state index is 13.4. The van der Waals surface area contributed by atoms with E-state index in [9.17, 15) is 24.3 Å². The van der Waals surface area contributed by atoms with Gasteiger partial charge in [0.15, 0.2) is 0 Å². The van der Waals surface area contributed by atoms with Gasteiger partial charge in [0.25, 0.3) is 11.5 Å². The van der Waals surface area contributed by atoms with Crippen LogP contribution in [0.1, 0.15) is 42.5 Å². The van der Waals surface area contributed by atoms with Crippen molar-refractivity contribution in [2.24, 2.45) is 5.92 Å². The van der Waals surface area contributed by atoms with Crippen molar-refractivity contribution in [2.45, 2.75) is 44.2 Å². The minimum Gasteiger partial charge on any atom is -0.388 e. The van der Waals surface area contributed by atoms with E-state index in [2.05, 4.69) is 25.5 Å². The number of nitrogens with one attached hydrogen (secondary N) is 2. The molecule has 57 heavy (non-hydrogen) atoms. The summed E-state index contributed by atoms with van der Waals surface area (Å²) in [5.74, 6) is -0.240. The van der Waals surface area contributed by atoms with Crippen LogP contribution in [0.2, 0.25) is 5.02 Å². The summed E-state index contributed by atoms with van der Waals surface area (Å²) in [6, 6.07) is 24.0. The zero-order valence-corrected chi connectivity index (χ0v) is 33.3. The lowest BCUT2D eigenvalue weighted by Gasteiger charge is -2.40. The van der Waals surface area contributed by atoms with Crippen molar-refractivity contribution in [1.82, 2.24) is 34.6 Å². The Morgan fingerprint density at radius 3 is 2.25 bits per heavy atom. The van der Waals surface area contributed by atoms with E-state index in [1.165, 1.54) is 10.9 Å². The largest absolute Gasteiger partial charge is 0.388 e. The molecule has 0 bridgehead atoms. The van der Waals surface area contributed by atoms with Crippen molar-refractivity contribution in [3.05, 3.63) is 112 Å². The Kier molecular flexibility index (Phi) is 14.0. The molecular formula is C43H51ClN8O5. The third-order valence-corrected chi connectivity index (χ3v) is 11.0. The van der Waals surface area contributed by atoms with Crippen LogP contribution in [0, 0.1) is 5.92 Å². The molecule has 4 heterocycles. The molecule has 14 heteroatoms. The molecule has 5 aromatic rings. The lowest BCUT2D eigenvalue weighted by molar-refractivity contribution is -0.141. The number of amides is 3. The predicted octanol–water partition coefficient (Wildman–Crippen LogP) is 4.67. The molecule has 13 nitrogen and oxygen atoms in total. The molecule has 0 radical (unpaired) electrons. The van der Waals surface area contributed by atoms with Gasteiger partial charge in [0, 0.05) is 67.9 Å². The highest BCUT2D eigenvalue weighted by atomic mass is 35.5. The van der Waals surface area contributed by atoms with E-state index in [1.807, 2.05) is 66.4 Å². The molecule has 0 unspecified atom stereocenters. The first-order chi connectivity index (χ1) is 27.5. The smallest absolute Gasteiger partial charge is 0.261 e. The molecule has 0 atom stereocenters. The average Bonchev–Trinajstić information content (AvgIpc) is 3.22. The van der Waals surface area contributed by atoms with Crippen molar-refractivity contribution in [1.29, 1.82) is 0 Å². The third-order valence-electron chi connectivity index (χ3n) is 10.6. The number of likely N-dealkylation sites (tertiary alicyclic amines) is 2. The zero-order chi connectivity index (χ0) is 40.4. The number of rotatable bonds is 11. The normalized spacial score (nSPS) is 15.9. The molecular weight excluding hydrogens is 744 g/mol. The molecule has 2 aromatic heterocycles. The summed E-state index contributed by atoms with van der Waals surface area (Å²) < 4.78 is 1.43. The van der Waals surface area contributed by atoms with Crippen LogP contribution in [0.4, 0.5) is 5.69 Å². The van der Waals surface area contributed by atoms with Gasteiger partial charge in [-0.2, -0.15) is 0 Å². The van der Waals surface area contributed by atoms with Crippen LogP contribution in [0.5, 0.6) is 0 Å². The van der Waals surface area contributed by atoms with Crippen molar-refractivity contribution in [2.75, 3.05) is 65.2 Å². The fourth-order valence-electron chi connectivity index (χ4n) is 7.25. The highest BCUT2D eigenvalue weighted by molar-refractivity contribution is 6.35. The summed E-state index contributed by atoms with van der Waals surface area (Å²) in [6.45, 7) is 4.28. The second-order valence-electron chi connectivity index (χ2n) is 15.1. The number of benzene rings is 3. The van der Waals surface area contributed by atoms with Crippen molar-refractivity contribution < 1.29 is 19.5 Å². The van der Waals surface area contributed by atoms with Gasteiger partial charge in [-0.3, -0.25) is 28.7 Å². The number of halogens is 1. The Bertz CT molecular complexity index is 2190. The second kappa shape index (κ2) is 19.3. The fourth-order valence-corrected chi connectivity index (χ4v) is 7.46. The molecule has 2 aliphatic heterocycles. The first-order valence-corrected chi connectivity index (χ1v) is 19.9. The van der Waals surface area contributed by atoms with Crippen molar-refractivity contribution in [3.8, 4) is 0 Å². The topological polar surface area (TPSA) is 153 Å². The van der Waals surface area contributed by atoms with Crippen LogP contribution in [-0.4, -0.2) is 118 Å². The predicted molar refractivity (Wildman–Crippen MR) is 223 cm³/mol. The van der Waals surface area contributed by atoms with Gasteiger partial charge >= 0.3 is 0 Å². The van der Waals surface area contributed by atoms with Gasteiger partial charge in [-0.05, 0) is 89.3 Å². The van der Waals surface area contributed by atoms with E-state index in [0.717, 1.165) is 31.3 Å². The SMILES string of the molecule is CN(C)CCC(=O)Nc1ccc2c(=O)n(CC3(O)CCN(C(=O)C4CCN(CCNC(=O)c5ccc6c(Cl)ccnc6c5)CC4)CC3)cnc2c1.c1ccccc1. The van der Waals surface area contributed by atoms with Crippen LogP contribution in [0.3, 0.4) is 0 Å². The number of carbonyl (C=O) groups is 3. The fraction of sp³-hybridized carbons (Fsp3) is 0.395. The summed E-state index contributed by atoms with van der Waals surface area (Å²) in [7, 11) is 3.81. The lowest BCUT2D eigenvalue weighted by Crippen LogP contribution is -2.52. The van der Waals surface area contributed by atoms with Crippen LogP contribution >= 0.6 is 11.6 Å². The van der Waals surface area contributed by atoms with E-state index >= 15 is 0 Å². The van der Waals surface area contributed by atoms with Gasteiger partial charge in [-0.15, -0.1) is 0 Å². The standard InChI is InChI=1S/C37H45ClN8O5.C6H6/c1-43(2)15-10-33(47)42-27-4-6-29-32(22-27)41-24-46(36(29)50)23-37(51)11-18-45(19-12-37)35(49)25-8-16-44(17-9-25)20-14-40-34(48)26-3-5-28-30(38)7-13-39-31(28)21-26;1-2-4-6-5-3-1/h3-7,13,21-22,24-25,51H,8-12,14-20,23H2,1-2H3,(H,40,48)(H,42,47);1-6H. The molecule has 0 spiro atoms. The van der Waals surface area contributed by atoms with E-state index in [-0.39, 0.29) is 35.7 Å². The Hall–Kier alpha value is -5.21. The molecule has 0 aliphatic carbocycles. The number of anilines is 1. The van der Waals surface area contributed by atoms with Gasteiger partial charge in [0.05, 0.1) is 39.9 Å². The molecule has 3 aromatic carbocycles. The number of nitrogens with zero attached hydrogens (tertiary/aromatic N) is 6. The summed E-state index contributed by atoms with van der Waals surface area (Å²) in [6.07, 6.45) is 5.62. The highest BCUT2D eigenvalue weighted by Crippen LogP contribution is 2.28. The maximum atomic E-state index is 13.4. The molecule has 3 amide bonds. The molecule has 2 aliphatic rings. The monoisotopic (exact) mass is 794 g/mol. The van der Waals surface area contributed by atoms with Gasteiger partial charge in [0.2, 0.25) is 11.8 Å². The second-order valence-corrected chi connectivity index (χ2v) is 15.5. The van der Waals surface area contributed by atoms with E-state index in [4.69, 9.17) is 11.6 Å². The number of carbonyl (C=O) groups excluding carboxylic acids is 3. The minimum atomic E-state index is -1.14. The molecule has 2 saturated heterocycles. The summed E-state index contributed by atoms with van der Waals surface area (Å²) in [5.41, 5.74) is 0.843. The molecule has 3 N–H and O–H groups in total. The Labute approximate surface area is 337 Å². The number of piperidine rings is 2. The molecule has 7 rings (SSSR count). The first-order valence-electron chi connectivity index (χ1n) is 19.5. The van der Waals surface area contributed by atoms with Gasteiger partial charge in [-0.1, -0.05) is 54.1 Å². The lowest BCUT2D eigenvalue weighted by atomic mass is 9.89. The number of hydrogen-bond acceptors (Lipinski definition) is 9. The first kappa shape index (κ1) is 41.4. The number of fused-ring (bicyclic) bond motifs is 2. The van der Waals surface area contributed by atoms with E-state index in [0.29, 0.717) is 84.7 Å². The minimum absolute atomic E-state index is 0.0751. The summed E-state index contributed by atoms with van der Waals surface area (Å²) >= 11 is 6.21. The van der Waals surface area contributed by atoms with Crippen LogP contribution < -0.4 is 16.2 Å². The average molecular weight is 795 g/mol. The van der Waals surface area contributed by atoms with Crippen LogP contribution in [0.25, 0.3) is 21.8 Å². The van der Waals surface area contributed by atoms with Crippen LogP contribution in [-0.2, 0) is 16.1 Å². The maximum Gasteiger partial charge on any atom is 0.261 e. The molecule has 2 fully saturated rings. The van der Waals surface area contributed by atoms with Crippen LogP contribution in [0.15, 0.2) is 96.2 Å². The Morgan fingerprint density at radius 1 is 0.895 bits per heavy atom.